The van der Waals surface area contributed by atoms with Crippen LogP contribution in [0.25, 0.3) is 0 Å². The molecule has 2 atom stereocenters. The van der Waals surface area contributed by atoms with E-state index in [0.29, 0.717) is 12.6 Å². The van der Waals surface area contributed by atoms with Crippen molar-refractivity contribution < 1.29 is 4.74 Å². The number of nitrogens with zero attached hydrogens (tertiary/aromatic N) is 1. The molecule has 0 aromatic heterocycles. The molecule has 1 aliphatic carbocycles. The lowest BCUT2D eigenvalue weighted by Crippen LogP contribution is -2.55. The lowest BCUT2D eigenvalue weighted by Gasteiger charge is -2.44. The normalized spacial score (nSPS) is 42.2. The molecule has 2 unspecified atom stereocenters. The van der Waals surface area contributed by atoms with Crippen molar-refractivity contribution in [3.8, 4) is 0 Å². The molecule has 2 rings (SSSR count). The van der Waals surface area contributed by atoms with Crippen LogP contribution in [0.2, 0.25) is 0 Å². The zero-order chi connectivity index (χ0) is 11.5. The van der Waals surface area contributed by atoms with Crippen LogP contribution in [0.4, 0.5) is 0 Å². The zero-order valence-corrected chi connectivity index (χ0v) is 10.7. The first kappa shape index (κ1) is 12.3. The van der Waals surface area contributed by atoms with E-state index in [0.717, 1.165) is 25.1 Å². The van der Waals surface area contributed by atoms with Crippen molar-refractivity contribution in [1.29, 1.82) is 0 Å². The minimum atomic E-state index is 0.260. The van der Waals surface area contributed by atoms with Gasteiger partial charge in [-0.2, -0.15) is 0 Å². The third-order valence-corrected chi connectivity index (χ3v) is 4.27. The molecule has 0 spiro atoms. The molecule has 2 fully saturated rings. The predicted molar refractivity (Wildman–Crippen MR) is 66.4 cm³/mol. The predicted octanol–water partition coefficient (Wildman–Crippen LogP) is 1.61. The smallest absolute Gasteiger partial charge is 0.0824 e. The van der Waals surface area contributed by atoms with Crippen LogP contribution in [0, 0.1) is 5.92 Å². The molecule has 1 saturated heterocycles. The van der Waals surface area contributed by atoms with E-state index < -0.39 is 0 Å². The highest BCUT2D eigenvalue weighted by Gasteiger charge is 2.32. The number of ether oxygens (including phenoxy) is 1. The first-order valence-corrected chi connectivity index (χ1v) is 6.78. The van der Waals surface area contributed by atoms with E-state index in [1.807, 2.05) is 0 Å². The fraction of sp³-hybridized carbons (Fsp3) is 1.00. The molecule has 3 heteroatoms. The van der Waals surface area contributed by atoms with E-state index in [1.54, 1.807) is 0 Å². The standard InChI is InChI=1S/C13H26N2O/c1-10-3-5-12(6-4-10)15-8-13(7-14)16-9-11(15)2/h10-13H,3-9,14H2,1-2H3. The Morgan fingerprint density at radius 3 is 2.50 bits per heavy atom. The average Bonchev–Trinajstić information content (AvgIpc) is 2.31. The lowest BCUT2D eigenvalue weighted by molar-refractivity contribution is -0.0759. The summed E-state index contributed by atoms with van der Waals surface area (Å²) < 4.78 is 5.71. The maximum atomic E-state index is 5.71. The Balaban J connectivity index is 1.90. The van der Waals surface area contributed by atoms with Crippen molar-refractivity contribution in [2.45, 2.75) is 57.7 Å². The monoisotopic (exact) mass is 226 g/mol. The van der Waals surface area contributed by atoms with Gasteiger partial charge >= 0.3 is 0 Å². The second kappa shape index (κ2) is 5.48. The summed E-state index contributed by atoms with van der Waals surface area (Å²) in [4.78, 5) is 2.65. The molecule has 1 aliphatic heterocycles. The van der Waals surface area contributed by atoms with Crippen molar-refractivity contribution >= 4 is 0 Å². The Hall–Kier alpha value is -0.120. The molecule has 3 nitrogen and oxygen atoms in total. The highest BCUT2D eigenvalue weighted by Crippen LogP contribution is 2.29. The van der Waals surface area contributed by atoms with Gasteiger partial charge in [-0.05, 0) is 38.5 Å². The number of nitrogens with two attached hydrogens (primary N) is 1. The summed E-state index contributed by atoms with van der Waals surface area (Å²) in [5.41, 5.74) is 5.71. The first-order valence-electron chi connectivity index (χ1n) is 6.78. The Morgan fingerprint density at radius 1 is 1.19 bits per heavy atom. The Bertz CT molecular complexity index is 214. The van der Waals surface area contributed by atoms with Gasteiger partial charge in [0.15, 0.2) is 0 Å². The summed E-state index contributed by atoms with van der Waals surface area (Å²) in [7, 11) is 0. The second-order valence-electron chi connectivity index (χ2n) is 5.65. The molecular weight excluding hydrogens is 200 g/mol. The molecule has 0 bridgehead atoms. The molecule has 1 saturated carbocycles. The third kappa shape index (κ3) is 2.76. The minimum Gasteiger partial charge on any atom is -0.374 e. The highest BCUT2D eigenvalue weighted by molar-refractivity contribution is 4.86. The molecule has 16 heavy (non-hydrogen) atoms. The van der Waals surface area contributed by atoms with Gasteiger partial charge in [-0.3, -0.25) is 4.90 Å². The quantitative estimate of drug-likeness (QED) is 0.777. The van der Waals surface area contributed by atoms with Crippen LogP contribution in [-0.2, 0) is 4.74 Å². The molecular formula is C13H26N2O. The van der Waals surface area contributed by atoms with Gasteiger partial charge in [0, 0.05) is 25.2 Å². The topological polar surface area (TPSA) is 38.5 Å². The van der Waals surface area contributed by atoms with E-state index in [9.17, 15) is 0 Å². The summed E-state index contributed by atoms with van der Waals surface area (Å²) >= 11 is 0. The molecule has 1 heterocycles. The molecule has 0 radical (unpaired) electrons. The lowest BCUT2D eigenvalue weighted by atomic mass is 9.86. The van der Waals surface area contributed by atoms with Gasteiger partial charge in [0.2, 0.25) is 0 Å². The van der Waals surface area contributed by atoms with Crippen LogP contribution in [0.15, 0.2) is 0 Å². The van der Waals surface area contributed by atoms with Crippen LogP contribution in [0.1, 0.15) is 39.5 Å². The van der Waals surface area contributed by atoms with Crippen LogP contribution in [0.5, 0.6) is 0 Å². The van der Waals surface area contributed by atoms with Gasteiger partial charge < -0.3 is 10.5 Å². The summed E-state index contributed by atoms with van der Waals surface area (Å²) in [6, 6.07) is 1.35. The Morgan fingerprint density at radius 2 is 1.88 bits per heavy atom. The van der Waals surface area contributed by atoms with Crippen molar-refractivity contribution in [3.05, 3.63) is 0 Å². The Labute approximate surface area is 99.3 Å². The molecule has 0 amide bonds. The zero-order valence-electron chi connectivity index (χ0n) is 10.7. The summed E-state index contributed by atoms with van der Waals surface area (Å²) in [5, 5.41) is 0. The average molecular weight is 226 g/mol. The fourth-order valence-corrected chi connectivity index (χ4v) is 3.06. The molecule has 94 valence electrons. The van der Waals surface area contributed by atoms with Gasteiger partial charge in [0.1, 0.15) is 0 Å². The number of rotatable bonds is 2. The van der Waals surface area contributed by atoms with E-state index in [4.69, 9.17) is 10.5 Å². The van der Waals surface area contributed by atoms with Crippen LogP contribution in [-0.4, -0.2) is 42.8 Å². The molecule has 0 aromatic carbocycles. The van der Waals surface area contributed by atoms with Gasteiger partial charge in [-0.15, -0.1) is 0 Å². The summed E-state index contributed by atoms with van der Waals surface area (Å²) in [5.74, 6) is 0.929. The van der Waals surface area contributed by atoms with E-state index in [-0.39, 0.29) is 6.10 Å². The summed E-state index contributed by atoms with van der Waals surface area (Å²) in [6.45, 7) is 7.21. The van der Waals surface area contributed by atoms with E-state index in [1.165, 1.54) is 25.7 Å². The van der Waals surface area contributed by atoms with Gasteiger partial charge in [0.25, 0.3) is 0 Å². The fourth-order valence-electron chi connectivity index (χ4n) is 3.06. The van der Waals surface area contributed by atoms with Gasteiger partial charge in [-0.25, -0.2) is 0 Å². The maximum Gasteiger partial charge on any atom is 0.0824 e. The highest BCUT2D eigenvalue weighted by atomic mass is 16.5. The first-order chi connectivity index (χ1) is 7.70. The number of morpholine rings is 1. The van der Waals surface area contributed by atoms with E-state index >= 15 is 0 Å². The number of hydrogen-bond donors (Lipinski definition) is 1. The van der Waals surface area contributed by atoms with Crippen molar-refractivity contribution in [1.82, 2.24) is 4.90 Å². The second-order valence-corrected chi connectivity index (χ2v) is 5.65. The van der Waals surface area contributed by atoms with Crippen LogP contribution >= 0.6 is 0 Å². The van der Waals surface area contributed by atoms with Crippen molar-refractivity contribution in [3.63, 3.8) is 0 Å². The largest absolute Gasteiger partial charge is 0.374 e. The molecule has 2 aliphatic rings. The van der Waals surface area contributed by atoms with E-state index in [2.05, 4.69) is 18.7 Å². The number of hydrogen-bond acceptors (Lipinski definition) is 3. The Kier molecular flexibility index (Phi) is 4.22. The van der Waals surface area contributed by atoms with Crippen LogP contribution < -0.4 is 5.73 Å². The maximum absolute atomic E-state index is 5.71. The SMILES string of the molecule is CC1CCC(N2CC(CN)OCC2C)CC1. The van der Waals surface area contributed by atoms with Gasteiger partial charge in [0.05, 0.1) is 12.7 Å². The summed E-state index contributed by atoms with van der Waals surface area (Å²) in [6.07, 6.45) is 5.77. The molecule has 0 aromatic rings. The van der Waals surface area contributed by atoms with Crippen molar-refractivity contribution in [2.24, 2.45) is 11.7 Å². The van der Waals surface area contributed by atoms with Crippen molar-refractivity contribution in [2.75, 3.05) is 19.7 Å². The van der Waals surface area contributed by atoms with Crippen LogP contribution in [0.3, 0.4) is 0 Å². The minimum absolute atomic E-state index is 0.260. The van der Waals surface area contributed by atoms with Gasteiger partial charge in [-0.1, -0.05) is 6.92 Å². The third-order valence-electron chi connectivity index (χ3n) is 4.27. The molecule has 2 N–H and O–H groups in total.